The average molecular weight is 395 g/mol. The topological polar surface area (TPSA) is 93.3 Å². The second kappa shape index (κ2) is 11.4. The molecule has 9 nitrogen and oxygen atoms in total. The molecule has 2 aliphatic heterocycles. The van der Waals surface area contributed by atoms with Gasteiger partial charge in [-0.3, -0.25) is 0 Å². The molecule has 158 valence electrons. The van der Waals surface area contributed by atoms with Gasteiger partial charge >= 0.3 is 0 Å². The minimum atomic E-state index is 0.0344. The molecule has 2 fully saturated rings. The van der Waals surface area contributed by atoms with Crippen LogP contribution >= 0.6 is 0 Å². The number of aromatic hydroxyl groups is 1. The Morgan fingerprint density at radius 1 is 0.679 bits per heavy atom. The van der Waals surface area contributed by atoms with Crippen LogP contribution in [0.1, 0.15) is 5.56 Å². The van der Waals surface area contributed by atoms with Crippen molar-refractivity contribution in [3.8, 4) is 17.2 Å². The van der Waals surface area contributed by atoms with E-state index in [0.29, 0.717) is 11.5 Å². The molecule has 0 amide bonds. The first-order valence-electron chi connectivity index (χ1n) is 10.2. The molecule has 0 atom stereocenters. The Hall–Kier alpha value is -1.62. The first-order chi connectivity index (χ1) is 13.7. The van der Waals surface area contributed by atoms with E-state index >= 15 is 0 Å². The number of rotatable bonds is 4. The number of phenolic OH excluding ortho intramolecular Hbond substituents is 1. The van der Waals surface area contributed by atoms with E-state index in [4.69, 9.17) is 9.68 Å². The highest BCUT2D eigenvalue weighted by Crippen LogP contribution is 2.38. The van der Waals surface area contributed by atoms with Crippen LogP contribution in [0.4, 0.5) is 0 Å². The van der Waals surface area contributed by atoms with Crippen molar-refractivity contribution in [1.29, 1.82) is 0 Å². The van der Waals surface area contributed by atoms with Crippen molar-refractivity contribution in [2.24, 2.45) is 0 Å². The molecule has 28 heavy (non-hydrogen) atoms. The van der Waals surface area contributed by atoms with Gasteiger partial charge in [0.1, 0.15) is 0 Å². The molecule has 9 heteroatoms. The van der Waals surface area contributed by atoms with E-state index in [1.165, 1.54) is 0 Å². The summed E-state index contributed by atoms with van der Waals surface area (Å²) in [4.78, 5) is 12.1. The lowest BCUT2D eigenvalue weighted by molar-refractivity contribution is -0.0649. The summed E-state index contributed by atoms with van der Waals surface area (Å²) >= 11 is 0. The Bertz CT molecular complexity index is 536. The summed E-state index contributed by atoms with van der Waals surface area (Å²) in [7, 11) is 0. The number of hydroxylamine groups is 4. The lowest BCUT2D eigenvalue weighted by Crippen LogP contribution is -2.37. The van der Waals surface area contributed by atoms with E-state index in [1.807, 2.05) is 29.2 Å². The van der Waals surface area contributed by atoms with Gasteiger partial charge in [0.05, 0.1) is 0 Å². The van der Waals surface area contributed by atoms with E-state index in [9.17, 15) is 5.11 Å². The van der Waals surface area contributed by atoms with Crippen LogP contribution < -0.4 is 30.9 Å². The van der Waals surface area contributed by atoms with Gasteiger partial charge in [0.15, 0.2) is 11.5 Å². The van der Waals surface area contributed by atoms with Crippen LogP contribution in [-0.2, 0) is 0 Å². The van der Waals surface area contributed by atoms with Crippen LogP contribution in [0.25, 0.3) is 0 Å². The summed E-state index contributed by atoms with van der Waals surface area (Å²) in [6.45, 7) is 12.1. The molecule has 1 aromatic rings. The van der Waals surface area contributed by atoms with Crippen LogP contribution in [0, 0.1) is 6.92 Å². The van der Waals surface area contributed by atoms with E-state index in [0.717, 1.165) is 84.1 Å². The Labute approximate surface area is 167 Å². The summed E-state index contributed by atoms with van der Waals surface area (Å²) in [5.41, 5.74) is 0.976. The van der Waals surface area contributed by atoms with E-state index < -0.39 is 0 Å². The zero-order chi connectivity index (χ0) is 19.6. The fourth-order valence-electron chi connectivity index (χ4n) is 3.21. The monoisotopic (exact) mass is 394 g/mol. The molecule has 0 spiro atoms. The lowest BCUT2D eigenvalue weighted by atomic mass is 10.2. The predicted molar refractivity (Wildman–Crippen MR) is 109 cm³/mol. The average Bonchev–Trinajstić information content (AvgIpc) is 2.89. The number of benzene rings is 1. The van der Waals surface area contributed by atoms with Crippen LogP contribution in [-0.4, -0.2) is 93.8 Å². The highest BCUT2D eigenvalue weighted by Gasteiger charge is 2.18. The second-order valence-electron chi connectivity index (χ2n) is 7.15. The van der Waals surface area contributed by atoms with E-state index in [2.05, 4.69) is 21.3 Å². The fraction of sp³-hybridized carbons (Fsp3) is 0.684. The van der Waals surface area contributed by atoms with Gasteiger partial charge in [-0.2, -0.15) is 0 Å². The maximum atomic E-state index is 10.8. The number of nitrogens with zero attached hydrogens (tertiary/aromatic N) is 2. The summed E-state index contributed by atoms with van der Waals surface area (Å²) < 4.78 is 0. The SMILES string of the molecule is Cc1cc(ON2CCNCCNCC2)c(O)c(ON2CCNCCNCC2)c1. The summed E-state index contributed by atoms with van der Waals surface area (Å²) in [6.07, 6.45) is 0. The van der Waals surface area contributed by atoms with Gasteiger partial charge in [0.25, 0.3) is 0 Å². The van der Waals surface area contributed by atoms with Crippen LogP contribution in [0.15, 0.2) is 12.1 Å². The number of nitrogens with one attached hydrogen (secondary N) is 4. The molecule has 2 heterocycles. The molecule has 3 rings (SSSR count). The van der Waals surface area contributed by atoms with Crippen molar-refractivity contribution in [2.75, 3.05) is 78.5 Å². The normalized spacial score (nSPS) is 21.5. The third-order valence-electron chi connectivity index (χ3n) is 4.75. The lowest BCUT2D eigenvalue weighted by Gasteiger charge is -2.25. The molecule has 0 bridgehead atoms. The number of phenols is 1. The number of hydrogen-bond donors (Lipinski definition) is 5. The minimum absolute atomic E-state index is 0.0344. The molecule has 0 saturated carbocycles. The molecule has 2 saturated heterocycles. The fourth-order valence-corrected chi connectivity index (χ4v) is 3.21. The molecule has 1 aromatic carbocycles. The van der Waals surface area contributed by atoms with Crippen LogP contribution in [0.3, 0.4) is 0 Å². The van der Waals surface area contributed by atoms with Crippen molar-refractivity contribution in [3.05, 3.63) is 17.7 Å². The van der Waals surface area contributed by atoms with Crippen LogP contribution in [0.5, 0.6) is 17.2 Å². The molecule has 0 unspecified atom stereocenters. The number of hydrogen-bond acceptors (Lipinski definition) is 9. The summed E-state index contributed by atoms with van der Waals surface area (Å²) in [5, 5.41) is 28.0. The first kappa shape index (κ1) is 21.1. The Morgan fingerprint density at radius 3 is 1.39 bits per heavy atom. The summed E-state index contributed by atoms with van der Waals surface area (Å²) in [5.74, 6) is 0.886. The summed E-state index contributed by atoms with van der Waals surface area (Å²) in [6, 6.07) is 3.69. The zero-order valence-corrected chi connectivity index (χ0v) is 16.8. The highest BCUT2D eigenvalue weighted by atomic mass is 16.7. The third-order valence-corrected chi connectivity index (χ3v) is 4.75. The van der Waals surface area contributed by atoms with Gasteiger partial charge in [-0.1, -0.05) is 0 Å². The Kier molecular flexibility index (Phi) is 8.59. The third kappa shape index (κ3) is 6.77. The first-order valence-corrected chi connectivity index (χ1v) is 10.2. The Balaban J connectivity index is 1.67. The van der Waals surface area contributed by atoms with Gasteiger partial charge in [0.2, 0.25) is 5.75 Å². The van der Waals surface area contributed by atoms with Crippen molar-refractivity contribution in [3.63, 3.8) is 0 Å². The molecular weight excluding hydrogens is 360 g/mol. The van der Waals surface area contributed by atoms with Gasteiger partial charge < -0.3 is 36.0 Å². The molecule has 0 aromatic heterocycles. The van der Waals surface area contributed by atoms with E-state index in [-0.39, 0.29) is 5.75 Å². The van der Waals surface area contributed by atoms with Crippen molar-refractivity contribution >= 4 is 0 Å². The largest absolute Gasteiger partial charge is 0.502 e. The van der Waals surface area contributed by atoms with Crippen molar-refractivity contribution < 1.29 is 14.8 Å². The molecule has 2 aliphatic rings. The highest BCUT2D eigenvalue weighted by molar-refractivity contribution is 5.52. The molecule has 5 N–H and O–H groups in total. The molecular formula is C19H34N6O3. The maximum absolute atomic E-state index is 10.8. The quantitative estimate of drug-likeness (QED) is 0.454. The van der Waals surface area contributed by atoms with Gasteiger partial charge in [-0.25, -0.2) is 0 Å². The zero-order valence-electron chi connectivity index (χ0n) is 16.8. The van der Waals surface area contributed by atoms with Crippen molar-refractivity contribution in [2.45, 2.75) is 6.92 Å². The van der Waals surface area contributed by atoms with Crippen molar-refractivity contribution in [1.82, 2.24) is 31.4 Å². The Morgan fingerprint density at radius 2 is 1.04 bits per heavy atom. The smallest absolute Gasteiger partial charge is 0.206 e. The van der Waals surface area contributed by atoms with Gasteiger partial charge in [0, 0.05) is 78.5 Å². The minimum Gasteiger partial charge on any atom is -0.502 e. The predicted octanol–water partition coefficient (Wildman–Crippen LogP) is -0.722. The maximum Gasteiger partial charge on any atom is 0.206 e. The van der Waals surface area contributed by atoms with E-state index in [1.54, 1.807) is 0 Å². The number of aryl methyl sites for hydroxylation is 1. The van der Waals surface area contributed by atoms with Gasteiger partial charge in [-0.05, 0) is 24.6 Å². The van der Waals surface area contributed by atoms with Gasteiger partial charge in [-0.15, -0.1) is 10.1 Å². The standard InChI is InChI=1S/C19H34N6O3/c1-16-14-17(27-24-10-6-20-2-3-21-7-11-24)19(26)18(15-16)28-25-12-8-22-4-5-23-9-13-25/h14-15,20-23,26H,2-13H2,1H3. The molecule has 0 radical (unpaired) electrons. The second-order valence-corrected chi connectivity index (χ2v) is 7.15. The van der Waals surface area contributed by atoms with Crippen LogP contribution in [0.2, 0.25) is 0 Å². The molecule has 0 aliphatic carbocycles.